The summed E-state index contributed by atoms with van der Waals surface area (Å²) in [5.41, 5.74) is 6.08. The van der Waals surface area contributed by atoms with Gasteiger partial charge in [-0.3, -0.25) is 0 Å². The van der Waals surface area contributed by atoms with E-state index in [0.29, 0.717) is 16.7 Å². The van der Waals surface area contributed by atoms with Gasteiger partial charge in [0.25, 0.3) is 0 Å². The fourth-order valence-electron chi connectivity index (χ4n) is 6.19. The SMILES string of the molecule is N#Cc1cccc(C#N)c1-c1ccc2cc3cc(N4c5ccccc5Sc5ccccc54)c4ccccc4c3cc2c1. The zero-order valence-corrected chi connectivity index (χ0v) is 23.2. The van der Waals surface area contributed by atoms with Gasteiger partial charge in [0, 0.05) is 20.7 Å². The van der Waals surface area contributed by atoms with Crippen LogP contribution in [0.5, 0.6) is 0 Å². The van der Waals surface area contributed by atoms with Gasteiger partial charge in [-0.25, -0.2) is 0 Å². The normalized spacial score (nSPS) is 12.1. The van der Waals surface area contributed by atoms with Gasteiger partial charge in [0.2, 0.25) is 0 Å². The van der Waals surface area contributed by atoms with Crippen LogP contribution in [0.25, 0.3) is 43.4 Å². The summed E-state index contributed by atoms with van der Waals surface area (Å²) in [7, 11) is 0. The smallest absolute Gasteiger partial charge is 0.0998 e. The van der Waals surface area contributed by atoms with Crippen LogP contribution in [0.4, 0.5) is 17.1 Å². The van der Waals surface area contributed by atoms with Crippen LogP contribution in [0.3, 0.4) is 0 Å². The van der Waals surface area contributed by atoms with Gasteiger partial charge in [-0.05, 0) is 93.2 Å². The van der Waals surface area contributed by atoms with Crippen LogP contribution in [-0.4, -0.2) is 0 Å². The van der Waals surface area contributed by atoms with E-state index < -0.39 is 0 Å². The Kier molecular flexibility index (Phi) is 5.50. The first-order valence-corrected chi connectivity index (χ1v) is 14.5. The van der Waals surface area contributed by atoms with E-state index in [1.165, 1.54) is 37.3 Å². The number of fused-ring (bicyclic) bond motifs is 6. The molecule has 7 aromatic rings. The molecule has 0 atom stereocenters. The van der Waals surface area contributed by atoms with Gasteiger partial charge < -0.3 is 4.90 Å². The Morgan fingerprint density at radius 2 is 1.12 bits per heavy atom. The number of anilines is 3. The van der Waals surface area contributed by atoms with Crippen molar-refractivity contribution in [2.75, 3.05) is 4.90 Å². The molecule has 1 aliphatic heterocycles. The minimum Gasteiger partial charge on any atom is -0.308 e. The van der Waals surface area contributed by atoms with Crippen molar-refractivity contribution in [2.24, 2.45) is 0 Å². The van der Waals surface area contributed by atoms with E-state index in [1.54, 1.807) is 18.2 Å². The highest BCUT2D eigenvalue weighted by atomic mass is 32.2. The molecule has 7 aromatic carbocycles. The quantitative estimate of drug-likeness (QED) is 0.158. The molecular formula is C38H21N3S. The number of hydrogen-bond donors (Lipinski definition) is 0. The van der Waals surface area contributed by atoms with Gasteiger partial charge in [-0.2, -0.15) is 10.5 Å². The maximum absolute atomic E-state index is 9.76. The average Bonchev–Trinajstić information content (AvgIpc) is 3.05. The third-order valence-corrected chi connectivity index (χ3v) is 9.19. The van der Waals surface area contributed by atoms with Crippen molar-refractivity contribution in [2.45, 2.75) is 9.79 Å². The molecule has 0 N–H and O–H groups in total. The Morgan fingerprint density at radius 1 is 0.476 bits per heavy atom. The summed E-state index contributed by atoms with van der Waals surface area (Å²) in [4.78, 5) is 4.87. The molecule has 0 radical (unpaired) electrons. The van der Waals surface area contributed by atoms with Crippen molar-refractivity contribution >= 4 is 61.1 Å². The maximum atomic E-state index is 9.76. The lowest BCUT2D eigenvalue weighted by Gasteiger charge is -2.34. The van der Waals surface area contributed by atoms with Crippen molar-refractivity contribution in [3.05, 3.63) is 139 Å². The Hall–Kier alpha value is -5.55. The molecule has 0 amide bonds. The van der Waals surface area contributed by atoms with Gasteiger partial charge in [-0.15, -0.1) is 0 Å². The van der Waals surface area contributed by atoms with E-state index >= 15 is 0 Å². The molecule has 0 saturated carbocycles. The number of nitrogens with zero attached hydrogens (tertiary/aromatic N) is 3. The molecule has 0 aliphatic carbocycles. The summed E-state index contributed by atoms with van der Waals surface area (Å²) in [6.07, 6.45) is 0. The zero-order valence-electron chi connectivity index (χ0n) is 22.4. The second-order valence-corrected chi connectivity index (χ2v) is 11.5. The highest BCUT2D eigenvalue weighted by Crippen LogP contribution is 2.53. The molecule has 194 valence electrons. The fraction of sp³-hybridized carbons (Fsp3) is 0. The van der Waals surface area contributed by atoms with Crippen LogP contribution in [0.1, 0.15) is 11.1 Å². The summed E-state index contributed by atoms with van der Waals surface area (Å²) >= 11 is 1.81. The Labute approximate surface area is 247 Å². The predicted octanol–water partition coefficient (Wildman–Crippen LogP) is 10.5. The summed E-state index contributed by atoms with van der Waals surface area (Å²) in [5.74, 6) is 0. The Morgan fingerprint density at radius 3 is 1.81 bits per heavy atom. The summed E-state index contributed by atoms with van der Waals surface area (Å²) < 4.78 is 0. The molecule has 1 aliphatic rings. The standard InChI is InChI=1S/C38H21N3S/c39-22-26-8-7-9-27(23-40)38(26)25-17-16-24-18-29-21-35(31-11-2-1-10-30(31)32(29)20-28(24)19-25)41-33-12-3-5-14-36(33)42-37-15-6-4-13-34(37)41/h1-21H. The van der Waals surface area contributed by atoms with E-state index in [4.69, 9.17) is 0 Å². The van der Waals surface area contributed by atoms with Gasteiger partial charge >= 0.3 is 0 Å². The second-order valence-electron chi connectivity index (χ2n) is 10.4. The van der Waals surface area contributed by atoms with Gasteiger partial charge in [0.05, 0.1) is 40.3 Å². The largest absolute Gasteiger partial charge is 0.308 e. The lowest BCUT2D eigenvalue weighted by atomic mass is 9.92. The van der Waals surface area contributed by atoms with Crippen LogP contribution in [0, 0.1) is 22.7 Å². The van der Waals surface area contributed by atoms with Crippen molar-refractivity contribution in [1.29, 1.82) is 10.5 Å². The van der Waals surface area contributed by atoms with E-state index in [2.05, 4.69) is 120 Å². The molecule has 0 fully saturated rings. The van der Waals surface area contributed by atoms with Crippen LogP contribution in [0.15, 0.2) is 137 Å². The molecule has 8 rings (SSSR count). The van der Waals surface area contributed by atoms with Crippen molar-refractivity contribution in [3.63, 3.8) is 0 Å². The molecule has 1 heterocycles. The van der Waals surface area contributed by atoms with Crippen molar-refractivity contribution < 1.29 is 0 Å². The van der Waals surface area contributed by atoms with E-state index in [1.807, 2.05) is 17.8 Å². The van der Waals surface area contributed by atoms with Crippen LogP contribution in [0.2, 0.25) is 0 Å². The van der Waals surface area contributed by atoms with Crippen molar-refractivity contribution in [3.8, 4) is 23.3 Å². The van der Waals surface area contributed by atoms with Gasteiger partial charge in [-0.1, -0.05) is 78.5 Å². The minimum absolute atomic E-state index is 0.504. The second kappa shape index (κ2) is 9.53. The minimum atomic E-state index is 0.504. The van der Waals surface area contributed by atoms with Crippen molar-refractivity contribution in [1.82, 2.24) is 0 Å². The third-order valence-electron chi connectivity index (χ3n) is 8.06. The van der Waals surface area contributed by atoms with Gasteiger partial charge in [0.1, 0.15) is 0 Å². The lowest BCUT2D eigenvalue weighted by Crippen LogP contribution is -2.15. The summed E-state index contributed by atoms with van der Waals surface area (Å²) in [6, 6.07) is 48.7. The Bertz CT molecular complexity index is 2250. The van der Waals surface area contributed by atoms with E-state index in [0.717, 1.165) is 27.4 Å². The number of para-hydroxylation sites is 2. The molecule has 0 aromatic heterocycles. The number of benzene rings is 7. The first kappa shape index (κ1) is 24.3. The highest BCUT2D eigenvalue weighted by Gasteiger charge is 2.26. The number of hydrogen-bond acceptors (Lipinski definition) is 4. The zero-order chi connectivity index (χ0) is 28.2. The highest BCUT2D eigenvalue weighted by molar-refractivity contribution is 7.99. The lowest BCUT2D eigenvalue weighted by molar-refractivity contribution is 1.17. The molecule has 0 saturated heterocycles. The van der Waals surface area contributed by atoms with Crippen LogP contribution < -0.4 is 4.90 Å². The summed E-state index contributed by atoms with van der Waals surface area (Å²) in [5, 5.41) is 26.4. The molecule has 0 spiro atoms. The first-order valence-electron chi connectivity index (χ1n) is 13.7. The number of nitriles is 2. The topological polar surface area (TPSA) is 50.8 Å². The van der Waals surface area contributed by atoms with E-state index in [-0.39, 0.29) is 0 Å². The molecule has 0 unspecified atom stereocenters. The average molecular weight is 552 g/mol. The van der Waals surface area contributed by atoms with Gasteiger partial charge in [0.15, 0.2) is 0 Å². The fourth-order valence-corrected chi connectivity index (χ4v) is 7.25. The monoisotopic (exact) mass is 551 g/mol. The van der Waals surface area contributed by atoms with E-state index in [9.17, 15) is 10.5 Å². The predicted molar refractivity (Wildman–Crippen MR) is 173 cm³/mol. The molecule has 4 heteroatoms. The molecule has 0 bridgehead atoms. The number of rotatable bonds is 2. The third kappa shape index (κ3) is 3.67. The van der Waals surface area contributed by atoms with Crippen LogP contribution >= 0.6 is 11.8 Å². The maximum Gasteiger partial charge on any atom is 0.0998 e. The summed E-state index contributed by atoms with van der Waals surface area (Å²) in [6.45, 7) is 0. The molecule has 3 nitrogen and oxygen atoms in total. The molecule has 42 heavy (non-hydrogen) atoms. The van der Waals surface area contributed by atoms with Crippen LogP contribution in [-0.2, 0) is 0 Å². The Balaban J connectivity index is 1.39. The first-order chi connectivity index (χ1) is 20.7. The molecular weight excluding hydrogens is 531 g/mol.